The van der Waals surface area contributed by atoms with Gasteiger partial charge in [0.2, 0.25) is 0 Å². The van der Waals surface area contributed by atoms with Gasteiger partial charge in [-0.3, -0.25) is 4.90 Å². The minimum absolute atomic E-state index is 0.00718. The van der Waals surface area contributed by atoms with Crippen molar-refractivity contribution in [3.8, 4) is 0 Å². The molecule has 0 bridgehead atoms. The van der Waals surface area contributed by atoms with Crippen LogP contribution in [0, 0.1) is 0 Å². The Morgan fingerprint density at radius 3 is 2.83 bits per heavy atom. The first-order valence-corrected chi connectivity index (χ1v) is 9.27. The zero-order valence-electron chi connectivity index (χ0n) is 14.5. The van der Waals surface area contributed by atoms with Crippen LogP contribution >= 0.6 is 11.3 Å². The SMILES string of the molecule is C[C@H]1CN2CCC[C@H]2CN1C(=O)NCc1nnc(C(C)(C)C)s1. The van der Waals surface area contributed by atoms with Crippen LogP contribution in [0.15, 0.2) is 0 Å². The van der Waals surface area contributed by atoms with Gasteiger partial charge in [0.05, 0.1) is 6.54 Å². The number of carbonyl (C=O) groups is 1. The van der Waals surface area contributed by atoms with Crippen LogP contribution in [0.25, 0.3) is 0 Å². The number of rotatable bonds is 2. The molecule has 7 heteroatoms. The van der Waals surface area contributed by atoms with Crippen LogP contribution in [0.3, 0.4) is 0 Å². The predicted octanol–water partition coefficient (Wildman–Crippen LogP) is 2.21. The molecule has 0 aromatic carbocycles. The highest BCUT2D eigenvalue weighted by Crippen LogP contribution is 2.26. The molecule has 1 aromatic rings. The highest BCUT2D eigenvalue weighted by molar-refractivity contribution is 7.11. The normalized spacial score (nSPS) is 25.5. The average molecular weight is 337 g/mol. The van der Waals surface area contributed by atoms with Gasteiger partial charge in [-0.1, -0.05) is 32.1 Å². The molecule has 3 heterocycles. The Hall–Kier alpha value is -1.21. The van der Waals surface area contributed by atoms with Crippen molar-refractivity contribution in [1.29, 1.82) is 0 Å². The Balaban J connectivity index is 1.55. The third-order valence-electron chi connectivity index (χ3n) is 4.70. The Labute approximate surface area is 142 Å². The summed E-state index contributed by atoms with van der Waals surface area (Å²) in [5.41, 5.74) is 0.00718. The van der Waals surface area contributed by atoms with Crippen LogP contribution in [-0.2, 0) is 12.0 Å². The molecule has 6 nitrogen and oxygen atoms in total. The van der Waals surface area contributed by atoms with Crippen LogP contribution < -0.4 is 5.32 Å². The lowest BCUT2D eigenvalue weighted by atomic mass is 9.98. The standard InChI is InChI=1S/C16H27N5OS/c1-11-9-20-7-5-6-12(20)10-21(11)15(22)17-8-13-18-19-14(23-13)16(2,3)4/h11-12H,5-10H2,1-4H3,(H,17,22)/t11-,12-/m0/s1. The lowest BCUT2D eigenvalue weighted by Crippen LogP contribution is -2.58. The average Bonchev–Trinajstić information content (AvgIpc) is 3.11. The van der Waals surface area contributed by atoms with E-state index in [0.29, 0.717) is 12.6 Å². The van der Waals surface area contributed by atoms with Gasteiger partial charge in [0.1, 0.15) is 10.0 Å². The molecule has 2 aliphatic heterocycles. The predicted molar refractivity (Wildman–Crippen MR) is 91.6 cm³/mol. The van der Waals surface area contributed by atoms with Crippen LogP contribution in [0.5, 0.6) is 0 Å². The fourth-order valence-electron chi connectivity index (χ4n) is 3.35. The van der Waals surface area contributed by atoms with Crippen molar-refractivity contribution in [1.82, 2.24) is 25.3 Å². The monoisotopic (exact) mass is 337 g/mol. The smallest absolute Gasteiger partial charge is 0.318 e. The first kappa shape index (κ1) is 16.6. The lowest BCUT2D eigenvalue weighted by Gasteiger charge is -2.42. The lowest BCUT2D eigenvalue weighted by molar-refractivity contribution is 0.0802. The number of carbonyl (C=O) groups excluding carboxylic acids is 1. The maximum atomic E-state index is 12.5. The van der Waals surface area contributed by atoms with E-state index in [9.17, 15) is 4.79 Å². The molecular weight excluding hydrogens is 310 g/mol. The minimum Gasteiger partial charge on any atom is -0.331 e. The number of amides is 2. The Bertz CT molecular complexity index is 567. The molecule has 2 fully saturated rings. The summed E-state index contributed by atoms with van der Waals surface area (Å²) in [6, 6.07) is 0.839. The van der Waals surface area contributed by atoms with Crippen molar-refractivity contribution in [2.24, 2.45) is 0 Å². The second-order valence-corrected chi connectivity index (χ2v) is 8.76. The van der Waals surface area contributed by atoms with Gasteiger partial charge < -0.3 is 10.2 Å². The van der Waals surface area contributed by atoms with E-state index in [0.717, 1.165) is 23.1 Å². The van der Waals surface area contributed by atoms with Crippen LogP contribution in [0.2, 0.25) is 0 Å². The van der Waals surface area contributed by atoms with E-state index >= 15 is 0 Å². The number of hydrogen-bond acceptors (Lipinski definition) is 5. The molecule has 3 rings (SSSR count). The van der Waals surface area contributed by atoms with E-state index in [1.54, 1.807) is 11.3 Å². The second kappa shape index (κ2) is 6.36. The number of urea groups is 1. The van der Waals surface area contributed by atoms with Gasteiger partial charge in [0, 0.05) is 30.6 Å². The highest BCUT2D eigenvalue weighted by atomic mass is 32.1. The molecule has 0 unspecified atom stereocenters. The molecule has 2 saturated heterocycles. The Morgan fingerprint density at radius 1 is 1.35 bits per heavy atom. The Morgan fingerprint density at radius 2 is 2.13 bits per heavy atom. The molecular formula is C16H27N5OS. The van der Waals surface area contributed by atoms with Gasteiger partial charge in [-0.2, -0.15) is 0 Å². The third kappa shape index (κ3) is 3.66. The number of piperazine rings is 1. The number of nitrogens with zero attached hydrogens (tertiary/aromatic N) is 4. The number of hydrogen-bond donors (Lipinski definition) is 1. The summed E-state index contributed by atoms with van der Waals surface area (Å²) in [4.78, 5) is 17.0. The molecule has 1 aromatic heterocycles. The molecule has 0 saturated carbocycles. The van der Waals surface area contributed by atoms with Crippen LogP contribution in [-0.4, -0.2) is 57.7 Å². The van der Waals surface area contributed by atoms with E-state index in [-0.39, 0.29) is 17.5 Å². The summed E-state index contributed by atoms with van der Waals surface area (Å²) in [7, 11) is 0. The Kier molecular flexibility index (Phi) is 4.60. The summed E-state index contributed by atoms with van der Waals surface area (Å²) in [5.74, 6) is 0. The van der Waals surface area contributed by atoms with Crippen molar-refractivity contribution in [3.05, 3.63) is 10.0 Å². The molecule has 0 spiro atoms. The van der Waals surface area contributed by atoms with Crippen molar-refractivity contribution in [2.45, 2.75) is 64.6 Å². The topological polar surface area (TPSA) is 61.4 Å². The highest BCUT2D eigenvalue weighted by Gasteiger charge is 2.36. The quantitative estimate of drug-likeness (QED) is 0.899. The zero-order chi connectivity index (χ0) is 16.6. The first-order valence-electron chi connectivity index (χ1n) is 8.46. The van der Waals surface area contributed by atoms with Gasteiger partial charge in [0.25, 0.3) is 0 Å². The van der Waals surface area contributed by atoms with E-state index in [1.807, 2.05) is 4.90 Å². The summed E-state index contributed by atoms with van der Waals surface area (Å²) < 4.78 is 0. The third-order valence-corrected chi connectivity index (χ3v) is 6.05. The molecule has 0 radical (unpaired) electrons. The largest absolute Gasteiger partial charge is 0.331 e. The summed E-state index contributed by atoms with van der Waals surface area (Å²) in [5, 5.41) is 13.3. The van der Waals surface area contributed by atoms with Crippen LogP contribution in [0.4, 0.5) is 4.79 Å². The fraction of sp³-hybridized carbons (Fsp3) is 0.812. The van der Waals surface area contributed by atoms with Gasteiger partial charge in [-0.15, -0.1) is 10.2 Å². The van der Waals surface area contributed by atoms with E-state index in [2.05, 4.69) is 48.1 Å². The van der Waals surface area contributed by atoms with Gasteiger partial charge in [-0.25, -0.2) is 4.79 Å². The van der Waals surface area contributed by atoms with Gasteiger partial charge >= 0.3 is 6.03 Å². The van der Waals surface area contributed by atoms with Gasteiger partial charge in [0.15, 0.2) is 0 Å². The summed E-state index contributed by atoms with van der Waals surface area (Å²) >= 11 is 1.58. The molecule has 2 amide bonds. The summed E-state index contributed by atoms with van der Waals surface area (Å²) in [6.07, 6.45) is 2.47. The maximum Gasteiger partial charge on any atom is 0.318 e. The second-order valence-electron chi connectivity index (χ2n) is 7.70. The zero-order valence-corrected chi connectivity index (χ0v) is 15.3. The fourth-order valence-corrected chi connectivity index (χ4v) is 4.19. The number of fused-ring (bicyclic) bond motifs is 1. The number of aromatic nitrogens is 2. The molecule has 128 valence electrons. The molecule has 2 atom stereocenters. The first-order chi connectivity index (χ1) is 10.8. The van der Waals surface area contributed by atoms with E-state index in [1.165, 1.54) is 19.4 Å². The van der Waals surface area contributed by atoms with E-state index < -0.39 is 0 Å². The molecule has 23 heavy (non-hydrogen) atoms. The minimum atomic E-state index is 0.00718. The molecule has 2 aliphatic rings. The summed E-state index contributed by atoms with van der Waals surface area (Å²) in [6.45, 7) is 12.0. The van der Waals surface area contributed by atoms with Gasteiger partial charge in [-0.05, 0) is 26.3 Å². The van der Waals surface area contributed by atoms with Crippen molar-refractivity contribution in [2.75, 3.05) is 19.6 Å². The van der Waals surface area contributed by atoms with Crippen molar-refractivity contribution < 1.29 is 4.79 Å². The van der Waals surface area contributed by atoms with Crippen molar-refractivity contribution in [3.63, 3.8) is 0 Å². The number of nitrogens with one attached hydrogen (secondary N) is 1. The maximum absolute atomic E-state index is 12.5. The van der Waals surface area contributed by atoms with Crippen LogP contribution in [0.1, 0.15) is 50.6 Å². The van der Waals surface area contributed by atoms with Crippen molar-refractivity contribution >= 4 is 17.4 Å². The molecule has 0 aliphatic carbocycles. The molecule has 1 N–H and O–H groups in total. The van der Waals surface area contributed by atoms with E-state index in [4.69, 9.17) is 0 Å².